The van der Waals surface area contributed by atoms with Crippen LogP contribution in [0.3, 0.4) is 0 Å². The molecule has 1 amide bonds. The molecule has 4 rings (SSSR count). The van der Waals surface area contributed by atoms with Crippen molar-refractivity contribution in [2.45, 2.75) is 30.7 Å². The zero-order valence-corrected chi connectivity index (χ0v) is 18.6. The van der Waals surface area contributed by atoms with E-state index in [0.29, 0.717) is 24.3 Å². The summed E-state index contributed by atoms with van der Waals surface area (Å²) in [7, 11) is -2.21. The maximum Gasteiger partial charge on any atom is 0.354 e. The number of hydrazone groups is 1. The molecule has 0 bridgehead atoms. The lowest BCUT2D eigenvalue weighted by Crippen LogP contribution is -2.45. The van der Waals surface area contributed by atoms with Gasteiger partial charge in [0.1, 0.15) is 11.8 Å². The fourth-order valence-electron chi connectivity index (χ4n) is 3.93. The van der Waals surface area contributed by atoms with Crippen LogP contribution < -0.4 is 14.6 Å². The molecule has 2 aliphatic rings. The lowest BCUT2D eigenvalue weighted by Gasteiger charge is -2.27. The fourth-order valence-corrected chi connectivity index (χ4v) is 4.71. The lowest BCUT2D eigenvalue weighted by atomic mass is 10.1. The Kier molecular flexibility index (Phi) is 5.98. The van der Waals surface area contributed by atoms with Crippen molar-refractivity contribution in [3.63, 3.8) is 0 Å². The third-order valence-corrected chi connectivity index (χ3v) is 6.93. The molecule has 0 saturated carbocycles. The number of rotatable bonds is 6. The maximum atomic E-state index is 13.6. The van der Waals surface area contributed by atoms with Crippen molar-refractivity contribution in [1.29, 1.82) is 0 Å². The third kappa shape index (κ3) is 3.98. The number of hydrogen-bond acceptors (Lipinski definition) is 7. The molecular formula is C22H24N4O5S. The molecular weight excluding hydrogens is 432 g/mol. The molecule has 1 atom stereocenters. The minimum Gasteiger partial charge on any atom is -0.461 e. The van der Waals surface area contributed by atoms with E-state index < -0.39 is 22.0 Å². The molecule has 0 aromatic heterocycles. The summed E-state index contributed by atoms with van der Waals surface area (Å²) in [6.45, 7) is 2.36. The van der Waals surface area contributed by atoms with Gasteiger partial charge in [0.05, 0.1) is 17.2 Å². The minimum absolute atomic E-state index is 0.130. The van der Waals surface area contributed by atoms with Gasteiger partial charge >= 0.3 is 5.97 Å². The number of fused-ring (bicyclic) bond motifs is 1. The largest absolute Gasteiger partial charge is 0.461 e. The second-order valence-electron chi connectivity index (χ2n) is 7.41. The molecule has 0 aliphatic carbocycles. The number of nitrogens with zero attached hydrogens (tertiary/aromatic N) is 3. The summed E-state index contributed by atoms with van der Waals surface area (Å²) >= 11 is 0. The van der Waals surface area contributed by atoms with E-state index in [1.165, 1.54) is 13.1 Å². The van der Waals surface area contributed by atoms with Gasteiger partial charge in [-0.25, -0.2) is 17.9 Å². The van der Waals surface area contributed by atoms with Gasteiger partial charge < -0.3 is 9.64 Å². The standard InChI is InChI=1S/C22H24N4O5S/c1-3-31-22(28)18-14-20(26(24-18)16-7-5-4-6-8-16)21(27)25-12-11-15-13-17(9-10-19(15)25)32(29,30)23-2/h4-10,13,20,23H,3,11-12,14H2,1-2H3. The van der Waals surface area contributed by atoms with Crippen molar-refractivity contribution >= 4 is 39.0 Å². The summed E-state index contributed by atoms with van der Waals surface area (Å²) in [6, 6.07) is 13.2. The predicted octanol–water partition coefficient (Wildman–Crippen LogP) is 1.68. The molecule has 32 heavy (non-hydrogen) atoms. The van der Waals surface area contributed by atoms with Crippen molar-refractivity contribution in [2.24, 2.45) is 5.10 Å². The van der Waals surface area contributed by atoms with Gasteiger partial charge in [-0.3, -0.25) is 9.80 Å². The van der Waals surface area contributed by atoms with Crippen LogP contribution in [0.4, 0.5) is 11.4 Å². The van der Waals surface area contributed by atoms with Crippen molar-refractivity contribution in [2.75, 3.05) is 30.1 Å². The van der Waals surface area contributed by atoms with Gasteiger partial charge in [-0.1, -0.05) is 18.2 Å². The molecule has 0 saturated heterocycles. The summed E-state index contributed by atoms with van der Waals surface area (Å²) in [5, 5.41) is 5.97. The van der Waals surface area contributed by atoms with E-state index in [0.717, 1.165) is 5.56 Å². The molecule has 2 aromatic carbocycles. The molecule has 2 aliphatic heterocycles. The molecule has 0 radical (unpaired) electrons. The van der Waals surface area contributed by atoms with Gasteiger partial charge in [-0.2, -0.15) is 5.10 Å². The first-order chi connectivity index (χ1) is 15.4. The number of esters is 1. The van der Waals surface area contributed by atoms with E-state index in [4.69, 9.17) is 4.74 Å². The summed E-state index contributed by atoms with van der Waals surface area (Å²) in [5.74, 6) is -0.743. The number of amides is 1. The fraction of sp³-hybridized carbons (Fsp3) is 0.318. The number of ether oxygens (including phenoxy) is 1. The van der Waals surface area contributed by atoms with Crippen LogP contribution in [0, 0.1) is 0 Å². The zero-order valence-electron chi connectivity index (χ0n) is 17.8. The van der Waals surface area contributed by atoms with E-state index in [-0.39, 0.29) is 29.5 Å². The predicted molar refractivity (Wildman–Crippen MR) is 120 cm³/mol. The van der Waals surface area contributed by atoms with Crippen molar-refractivity contribution in [3.05, 3.63) is 54.1 Å². The van der Waals surface area contributed by atoms with E-state index >= 15 is 0 Å². The van der Waals surface area contributed by atoms with Crippen LogP contribution in [-0.2, 0) is 30.8 Å². The second-order valence-corrected chi connectivity index (χ2v) is 9.29. The van der Waals surface area contributed by atoms with Crippen LogP contribution in [0.25, 0.3) is 0 Å². The van der Waals surface area contributed by atoms with Crippen LogP contribution in [0.1, 0.15) is 18.9 Å². The second kappa shape index (κ2) is 8.71. The van der Waals surface area contributed by atoms with Crippen LogP contribution >= 0.6 is 0 Å². The third-order valence-electron chi connectivity index (χ3n) is 5.52. The molecule has 2 aromatic rings. The summed E-state index contributed by atoms with van der Waals surface area (Å²) < 4.78 is 31.6. The van der Waals surface area contributed by atoms with Crippen molar-refractivity contribution in [1.82, 2.24) is 4.72 Å². The van der Waals surface area contributed by atoms with Gasteiger partial charge in [-0.15, -0.1) is 0 Å². The van der Waals surface area contributed by atoms with Crippen LogP contribution in [0.5, 0.6) is 0 Å². The Hall–Kier alpha value is -3.24. The van der Waals surface area contributed by atoms with Gasteiger partial charge in [0.25, 0.3) is 5.91 Å². The highest BCUT2D eigenvalue weighted by Gasteiger charge is 2.40. The highest BCUT2D eigenvalue weighted by atomic mass is 32.2. The first-order valence-corrected chi connectivity index (χ1v) is 11.8. The number of sulfonamides is 1. The number of hydrogen-bond donors (Lipinski definition) is 1. The molecule has 0 fully saturated rings. The topological polar surface area (TPSA) is 108 Å². The number of para-hydroxylation sites is 1. The molecule has 2 heterocycles. The Bertz CT molecular complexity index is 1180. The van der Waals surface area contributed by atoms with E-state index in [9.17, 15) is 18.0 Å². The van der Waals surface area contributed by atoms with Crippen LogP contribution in [-0.4, -0.2) is 52.2 Å². The lowest BCUT2D eigenvalue weighted by molar-refractivity contribution is -0.135. The summed E-state index contributed by atoms with van der Waals surface area (Å²) in [5.41, 5.74) is 2.34. The van der Waals surface area contributed by atoms with E-state index in [1.807, 2.05) is 30.3 Å². The highest BCUT2D eigenvalue weighted by Crippen LogP contribution is 2.33. The number of benzene rings is 2. The van der Waals surface area contributed by atoms with Gasteiger partial charge in [0.15, 0.2) is 0 Å². The highest BCUT2D eigenvalue weighted by molar-refractivity contribution is 7.89. The van der Waals surface area contributed by atoms with Crippen molar-refractivity contribution in [3.8, 4) is 0 Å². The molecule has 1 N–H and O–H groups in total. The van der Waals surface area contributed by atoms with Gasteiger partial charge in [-0.05, 0) is 56.3 Å². The number of carbonyl (C=O) groups is 2. The van der Waals surface area contributed by atoms with Crippen LogP contribution in [0.2, 0.25) is 0 Å². The smallest absolute Gasteiger partial charge is 0.354 e. The average Bonchev–Trinajstić information content (AvgIpc) is 3.44. The molecule has 168 valence electrons. The quantitative estimate of drug-likeness (QED) is 0.663. The summed E-state index contributed by atoms with van der Waals surface area (Å²) in [4.78, 5) is 27.7. The van der Waals surface area contributed by atoms with E-state index in [1.54, 1.807) is 29.0 Å². The average molecular weight is 457 g/mol. The molecule has 10 heteroatoms. The summed E-state index contributed by atoms with van der Waals surface area (Å²) in [6.07, 6.45) is 0.669. The van der Waals surface area contributed by atoms with Crippen molar-refractivity contribution < 1.29 is 22.7 Å². The Morgan fingerprint density at radius 1 is 1.19 bits per heavy atom. The molecule has 9 nitrogen and oxygen atoms in total. The number of nitrogens with one attached hydrogen (secondary N) is 1. The Morgan fingerprint density at radius 3 is 2.62 bits per heavy atom. The van der Waals surface area contributed by atoms with Gasteiger partial charge in [0.2, 0.25) is 10.0 Å². The molecule has 0 spiro atoms. The first kappa shape index (κ1) is 22.0. The van der Waals surface area contributed by atoms with Gasteiger partial charge in [0, 0.05) is 18.7 Å². The first-order valence-electron chi connectivity index (χ1n) is 10.3. The number of anilines is 2. The minimum atomic E-state index is -3.57. The van der Waals surface area contributed by atoms with Crippen LogP contribution in [0.15, 0.2) is 58.5 Å². The Labute approximate surface area is 186 Å². The SMILES string of the molecule is CCOC(=O)C1=NN(c2ccccc2)C(C(=O)N2CCc3cc(S(=O)(=O)NC)ccc32)C1. The zero-order chi connectivity index (χ0) is 22.9. The Morgan fingerprint density at radius 2 is 1.94 bits per heavy atom. The monoisotopic (exact) mass is 456 g/mol. The number of carbonyl (C=O) groups excluding carboxylic acids is 2. The maximum absolute atomic E-state index is 13.6. The van der Waals surface area contributed by atoms with E-state index in [2.05, 4.69) is 9.82 Å². The molecule has 1 unspecified atom stereocenters. The normalized spacial score (nSPS) is 17.8. The Balaban J connectivity index is 1.64.